The number of quaternary nitrogens is 1. The molecule has 0 fully saturated rings. The quantitative estimate of drug-likeness (QED) is 0.187. The van der Waals surface area contributed by atoms with E-state index in [1.54, 1.807) is 0 Å². The summed E-state index contributed by atoms with van der Waals surface area (Å²) in [5.41, 5.74) is 0. The molecule has 1 aliphatic heterocycles. The van der Waals surface area contributed by atoms with E-state index in [0.29, 0.717) is 0 Å². The van der Waals surface area contributed by atoms with Crippen LogP contribution >= 0.6 is 0 Å². The maximum Gasteiger partial charge on any atom is 0.0920 e. The predicted molar refractivity (Wildman–Crippen MR) is 97.4 cm³/mol. The maximum absolute atomic E-state index is 12.1. The van der Waals surface area contributed by atoms with Crippen LogP contribution in [0.5, 0.6) is 0 Å². The van der Waals surface area contributed by atoms with Gasteiger partial charge >= 0.3 is 0 Å². The fraction of sp³-hybridized carbons (Fsp3) is 0.900. The molecule has 0 spiro atoms. The van der Waals surface area contributed by atoms with Crippen molar-refractivity contribution in [2.45, 2.75) is 103 Å². The van der Waals surface area contributed by atoms with Crippen molar-refractivity contribution in [2.75, 3.05) is 13.1 Å². The van der Waals surface area contributed by atoms with E-state index < -0.39 is 0 Å². The van der Waals surface area contributed by atoms with E-state index in [1.807, 2.05) is 12.3 Å². The lowest BCUT2D eigenvalue weighted by atomic mass is 10.0. The second kappa shape index (κ2) is 13.1. The zero-order valence-electron chi connectivity index (χ0n) is 15.0. The SMILES string of the molecule is CCCCCCCCCCCCCCCC[N+]1([O-])C=CCC1. The highest BCUT2D eigenvalue weighted by Crippen LogP contribution is 2.18. The van der Waals surface area contributed by atoms with Gasteiger partial charge in [-0.3, -0.25) is 0 Å². The van der Waals surface area contributed by atoms with Crippen molar-refractivity contribution < 1.29 is 4.65 Å². The van der Waals surface area contributed by atoms with Gasteiger partial charge in [0.2, 0.25) is 0 Å². The van der Waals surface area contributed by atoms with Crippen molar-refractivity contribution in [2.24, 2.45) is 0 Å². The second-order valence-electron chi connectivity index (χ2n) is 7.17. The third-order valence-corrected chi connectivity index (χ3v) is 4.94. The van der Waals surface area contributed by atoms with Crippen LogP contribution in [-0.2, 0) is 0 Å². The van der Waals surface area contributed by atoms with E-state index in [1.165, 1.54) is 83.5 Å². The Morgan fingerprint density at radius 3 is 1.59 bits per heavy atom. The Labute approximate surface area is 139 Å². The molecule has 0 N–H and O–H groups in total. The molecule has 1 aliphatic rings. The molecule has 2 nitrogen and oxygen atoms in total. The molecule has 0 aliphatic carbocycles. The van der Waals surface area contributed by atoms with Crippen LogP contribution in [0.4, 0.5) is 0 Å². The van der Waals surface area contributed by atoms with Gasteiger partial charge in [0.05, 0.1) is 19.3 Å². The Morgan fingerprint density at radius 2 is 1.18 bits per heavy atom. The molecule has 2 heteroatoms. The van der Waals surface area contributed by atoms with E-state index in [2.05, 4.69) is 6.92 Å². The number of nitrogens with zero attached hydrogens (tertiary/aromatic N) is 1. The zero-order chi connectivity index (χ0) is 15.9. The Bertz CT molecular complexity index is 277. The molecular formula is C20H39NO. The molecule has 0 aromatic heterocycles. The highest BCUT2D eigenvalue weighted by Gasteiger charge is 2.16. The fourth-order valence-corrected chi connectivity index (χ4v) is 3.39. The standard InChI is InChI=1S/C20H39NO/c1-2-3-4-5-6-7-8-9-10-11-12-13-14-15-18-21(22)19-16-17-20-21/h16,19H,2-15,17-18,20H2,1H3. The normalized spacial score (nSPS) is 20.8. The van der Waals surface area contributed by atoms with Gasteiger partial charge in [-0.1, -0.05) is 84.0 Å². The van der Waals surface area contributed by atoms with Gasteiger partial charge in [-0.05, 0) is 18.9 Å². The Morgan fingerprint density at radius 1 is 0.727 bits per heavy atom. The molecule has 0 aromatic carbocycles. The highest BCUT2D eigenvalue weighted by atomic mass is 16.5. The van der Waals surface area contributed by atoms with E-state index in [4.69, 9.17) is 0 Å². The molecule has 0 radical (unpaired) electrons. The molecule has 22 heavy (non-hydrogen) atoms. The number of rotatable bonds is 15. The van der Waals surface area contributed by atoms with Crippen molar-refractivity contribution in [1.82, 2.24) is 0 Å². The molecule has 1 atom stereocenters. The lowest BCUT2D eigenvalue weighted by Gasteiger charge is -2.35. The van der Waals surface area contributed by atoms with Gasteiger partial charge in [-0.2, -0.15) is 0 Å². The van der Waals surface area contributed by atoms with Crippen LogP contribution in [0.3, 0.4) is 0 Å². The van der Waals surface area contributed by atoms with Crippen LogP contribution in [0.25, 0.3) is 0 Å². The first-order valence-corrected chi connectivity index (χ1v) is 10.0. The molecule has 0 bridgehead atoms. The Kier molecular flexibility index (Phi) is 11.8. The largest absolute Gasteiger partial charge is 0.628 e. The lowest BCUT2D eigenvalue weighted by Crippen LogP contribution is -2.34. The summed E-state index contributed by atoms with van der Waals surface area (Å²) in [4.78, 5) is 0. The summed E-state index contributed by atoms with van der Waals surface area (Å²) in [6, 6.07) is 0. The number of hydrogen-bond acceptors (Lipinski definition) is 1. The van der Waals surface area contributed by atoms with Crippen LogP contribution in [0.1, 0.15) is 103 Å². The summed E-state index contributed by atoms with van der Waals surface area (Å²) < 4.78 is -0.0573. The summed E-state index contributed by atoms with van der Waals surface area (Å²) in [6.07, 6.45) is 24.1. The molecule has 0 aromatic rings. The van der Waals surface area contributed by atoms with Crippen molar-refractivity contribution in [3.63, 3.8) is 0 Å². The average Bonchev–Trinajstić information content (AvgIpc) is 2.94. The molecule has 0 saturated heterocycles. The first kappa shape index (κ1) is 19.7. The van der Waals surface area contributed by atoms with Crippen LogP contribution in [-0.4, -0.2) is 17.7 Å². The van der Waals surface area contributed by atoms with Crippen molar-refractivity contribution in [3.05, 3.63) is 17.5 Å². The van der Waals surface area contributed by atoms with Gasteiger partial charge in [0.1, 0.15) is 0 Å². The second-order valence-corrected chi connectivity index (χ2v) is 7.17. The van der Waals surface area contributed by atoms with Crippen LogP contribution < -0.4 is 0 Å². The van der Waals surface area contributed by atoms with Gasteiger partial charge in [0.15, 0.2) is 0 Å². The molecule has 130 valence electrons. The molecule has 0 amide bonds. The highest BCUT2D eigenvalue weighted by molar-refractivity contribution is 4.82. The zero-order valence-corrected chi connectivity index (χ0v) is 15.0. The summed E-state index contributed by atoms with van der Waals surface area (Å²) in [5.74, 6) is 0. The number of unbranched alkanes of at least 4 members (excludes halogenated alkanes) is 13. The van der Waals surface area contributed by atoms with Crippen molar-refractivity contribution in [3.8, 4) is 0 Å². The minimum absolute atomic E-state index is 0.0573. The van der Waals surface area contributed by atoms with Gasteiger partial charge in [0.25, 0.3) is 0 Å². The van der Waals surface area contributed by atoms with E-state index in [-0.39, 0.29) is 4.65 Å². The maximum atomic E-state index is 12.1. The smallest absolute Gasteiger partial charge is 0.0920 e. The number of hydroxylamine groups is 3. The van der Waals surface area contributed by atoms with Gasteiger partial charge in [0, 0.05) is 6.42 Å². The van der Waals surface area contributed by atoms with Crippen LogP contribution in [0, 0.1) is 5.21 Å². The topological polar surface area (TPSA) is 23.1 Å². The summed E-state index contributed by atoms with van der Waals surface area (Å²) in [5, 5.41) is 12.1. The van der Waals surface area contributed by atoms with Gasteiger partial charge < -0.3 is 9.85 Å². The molecule has 1 rings (SSSR count). The Hall–Kier alpha value is -0.340. The summed E-state index contributed by atoms with van der Waals surface area (Å²) >= 11 is 0. The number of hydrogen-bond donors (Lipinski definition) is 0. The Balaban J connectivity index is 1.72. The summed E-state index contributed by atoms with van der Waals surface area (Å²) in [7, 11) is 0. The van der Waals surface area contributed by atoms with Crippen molar-refractivity contribution >= 4 is 0 Å². The fourth-order valence-electron chi connectivity index (χ4n) is 3.39. The van der Waals surface area contributed by atoms with E-state index >= 15 is 0 Å². The van der Waals surface area contributed by atoms with Crippen LogP contribution in [0.2, 0.25) is 0 Å². The summed E-state index contributed by atoms with van der Waals surface area (Å²) in [6.45, 7) is 3.86. The van der Waals surface area contributed by atoms with E-state index in [0.717, 1.165) is 25.9 Å². The van der Waals surface area contributed by atoms with E-state index in [9.17, 15) is 5.21 Å². The lowest BCUT2D eigenvalue weighted by molar-refractivity contribution is -0.823. The van der Waals surface area contributed by atoms with Gasteiger partial charge in [-0.15, -0.1) is 0 Å². The molecule has 1 unspecified atom stereocenters. The van der Waals surface area contributed by atoms with Gasteiger partial charge in [-0.25, -0.2) is 0 Å². The predicted octanol–water partition coefficient (Wildman–Crippen LogP) is 6.70. The third-order valence-electron chi connectivity index (χ3n) is 4.94. The first-order valence-electron chi connectivity index (χ1n) is 10.0. The first-order chi connectivity index (χ1) is 10.8. The molecule has 1 heterocycles. The third kappa shape index (κ3) is 10.4. The van der Waals surface area contributed by atoms with Crippen LogP contribution in [0.15, 0.2) is 12.3 Å². The minimum Gasteiger partial charge on any atom is -0.628 e. The molecule has 0 saturated carbocycles. The molecular weight excluding hydrogens is 270 g/mol. The monoisotopic (exact) mass is 309 g/mol. The average molecular weight is 310 g/mol. The minimum atomic E-state index is -0.0573. The van der Waals surface area contributed by atoms with Crippen molar-refractivity contribution in [1.29, 1.82) is 0 Å².